The van der Waals surface area contributed by atoms with Gasteiger partial charge in [-0.25, -0.2) is 0 Å². The Bertz CT molecular complexity index is 429. The van der Waals surface area contributed by atoms with Gasteiger partial charge in [-0.3, -0.25) is 0 Å². The minimum absolute atomic E-state index is 0.324. The summed E-state index contributed by atoms with van der Waals surface area (Å²) in [5.74, 6) is 0.788. The number of nitrogens with one attached hydrogen (secondary N) is 1. The lowest BCUT2D eigenvalue weighted by molar-refractivity contribution is 0.480. The van der Waals surface area contributed by atoms with Crippen LogP contribution in [-0.4, -0.2) is 10.1 Å². The quantitative estimate of drug-likeness (QED) is 0.686. The maximum Gasteiger partial charge on any atom is 0.139 e. The average molecular weight is 175 g/mol. The second-order valence-corrected chi connectivity index (χ2v) is 3.62. The standard InChI is InChI=1S/C11H13NO/c1-7(2)9-6-8-4-3-5-10(13)11(8)12-9/h3-7,12-13H,1-2H3. The Hall–Kier alpha value is -1.44. The molecular formula is C11H13NO. The van der Waals surface area contributed by atoms with Crippen LogP contribution < -0.4 is 0 Å². The molecule has 68 valence electrons. The zero-order valence-corrected chi connectivity index (χ0v) is 7.83. The summed E-state index contributed by atoms with van der Waals surface area (Å²) >= 11 is 0. The zero-order valence-electron chi connectivity index (χ0n) is 7.83. The summed E-state index contributed by atoms with van der Waals surface area (Å²) in [6.07, 6.45) is 0. The molecule has 2 N–H and O–H groups in total. The molecule has 1 aromatic heterocycles. The van der Waals surface area contributed by atoms with E-state index < -0.39 is 0 Å². The van der Waals surface area contributed by atoms with Crippen molar-refractivity contribution in [3.05, 3.63) is 30.0 Å². The van der Waals surface area contributed by atoms with E-state index in [1.54, 1.807) is 6.07 Å². The van der Waals surface area contributed by atoms with E-state index in [4.69, 9.17) is 0 Å². The molecule has 2 aromatic rings. The SMILES string of the molecule is CC(C)c1cc2cccc(O)c2[nH]1. The van der Waals surface area contributed by atoms with Gasteiger partial charge < -0.3 is 10.1 Å². The Morgan fingerprint density at radius 1 is 1.31 bits per heavy atom. The molecule has 13 heavy (non-hydrogen) atoms. The van der Waals surface area contributed by atoms with Gasteiger partial charge in [0.05, 0.1) is 5.52 Å². The van der Waals surface area contributed by atoms with Crippen molar-refractivity contribution < 1.29 is 5.11 Å². The molecule has 2 nitrogen and oxygen atoms in total. The number of para-hydroxylation sites is 1. The van der Waals surface area contributed by atoms with Crippen molar-refractivity contribution in [2.75, 3.05) is 0 Å². The molecule has 1 heterocycles. The Labute approximate surface area is 77.2 Å². The highest BCUT2D eigenvalue weighted by atomic mass is 16.3. The normalized spacial score (nSPS) is 11.3. The van der Waals surface area contributed by atoms with Crippen molar-refractivity contribution >= 4 is 10.9 Å². The number of aromatic hydroxyl groups is 1. The van der Waals surface area contributed by atoms with E-state index in [1.165, 1.54) is 0 Å². The highest BCUT2D eigenvalue weighted by Crippen LogP contribution is 2.26. The van der Waals surface area contributed by atoms with E-state index in [2.05, 4.69) is 24.9 Å². The molecule has 0 bridgehead atoms. The van der Waals surface area contributed by atoms with Gasteiger partial charge in [0.25, 0.3) is 0 Å². The van der Waals surface area contributed by atoms with Gasteiger partial charge in [0.2, 0.25) is 0 Å². The lowest BCUT2D eigenvalue weighted by Crippen LogP contribution is -1.84. The summed E-state index contributed by atoms with van der Waals surface area (Å²) in [6, 6.07) is 7.63. The van der Waals surface area contributed by atoms with Gasteiger partial charge in [-0.05, 0) is 18.1 Å². The summed E-state index contributed by atoms with van der Waals surface area (Å²) < 4.78 is 0. The van der Waals surface area contributed by atoms with Crippen LogP contribution in [-0.2, 0) is 0 Å². The van der Waals surface area contributed by atoms with E-state index in [-0.39, 0.29) is 0 Å². The smallest absolute Gasteiger partial charge is 0.139 e. The summed E-state index contributed by atoms with van der Waals surface area (Å²) in [5.41, 5.74) is 2.00. The lowest BCUT2D eigenvalue weighted by atomic mass is 10.1. The van der Waals surface area contributed by atoms with E-state index in [1.807, 2.05) is 12.1 Å². The van der Waals surface area contributed by atoms with Gasteiger partial charge >= 0.3 is 0 Å². The molecule has 0 aliphatic rings. The monoisotopic (exact) mass is 175 g/mol. The Kier molecular flexibility index (Phi) is 1.76. The molecule has 0 amide bonds. The number of phenols is 1. The molecular weight excluding hydrogens is 162 g/mol. The summed E-state index contributed by atoms with van der Waals surface area (Å²) in [7, 11) is 0. The summed E-state index contributed by atoms with van der Waals surface area (Å²) in [4.78, 5) is 3.21. The van der Waals surface area contributed by atoms with E-state index >= 15 is 0 Å². The summed E-state index contributed by atoms with van der Waals surface area (Å²) in [6.45, 7) is 4.25. The predicted molar refractivity (Wildman–Crippen MR) is 54.1 cm³/mol. The second-order valence-electron chi connectivity index (χ2n) is 3.62. The van der Waals surface area contributed by atoms with Crippen molar-refractivity contribution in [1.82, 2.24) is 4.98 Å². The van der Waals surface area contributed by atoms with Crippen LogP contribution in [0.5, 0.6) is 5.75 Å². The topological polar surface area (TPSA) is 36.0 Å². The Morgan fingerprint density at radius 2 is 2.08 bits per heavy atom. The van der Waals surface area contributed by atoms with Gasteiger partial charge in [0.15, 0.2) is 0 Å². The highest BCUT2D eigenvalue weighted by molar-refractivity contribution is 5.85. The van der Waals surface area contributed by atoms with Crippen LogP contribution in [0.1, 0.15) is 25.5 Å². The van der Waals surface area contributed by atoms with Crippen LogP contribution in [0.4, 0.5) is 0 Å². The largest absolute Gasteiger partial charge is 0.506 e. The number of aromatic amines is 1. The van der Waals surface area contributed by atoms with Crippen LogP contribution in [0.3, 0.4) is 0 Å². The lowest BCUT2D eigenvalue weighted by Gasteiger charge is -1.98. The van der Waals surface area contributed by atoms with Crippen molar-refractivity contribution in [3.8, 4) is 5.75 Å². The molecule has 1 aromatic carbocycles. The number of benzene rings is 1. The Morgan fingerprint density at radius 3 is 2.69 bits per heavy atom. The van der Waals surface area contributed by atoms with Crippen molar-refractivity contribution in [3.63, 3.8) is 0 Å². The van der Waals surface area contributed by atoms with Crippen LogP contribution in [0.2, 0.25) is 0 Å². The molecule has 0 fully saturated rings. The second kappa shape index (κ2) is 2.80. The van der Waals surface area contributed by atoms with E-state index in [0.29, 0.717) is 11.7 Å². The third kappa shape index (κ3) is 1.28. The van der Waals surface area contributed by atoms with Crippen molar-refractivity contribution in [2.24, 2.45) is 0 Å². The van der Waals surface area contributed by atoms with E-state index in [0.717, 1.165) is 16.6 Å². The van der Waals surface area contributed by atoms with Gasteiger partial charge in [0, 0.05) is 11.1 Å². The number of aromatic nitrogens is 1. The molecule has 0 atom stereocenters. The summed E-state index contributed by atoms with van der Waals surface area (Å²) in [5, 5.41) is 10.6. The third-order valence-electron chi connectivity index (χ3n) is 2.28. The molecule has 0 spiro atoms. The van der Waals surface area contributed by atoms with Crippen molar-refractivity contribution in [2.45, 2.75) is 19.8 Å². The van der Waals surface area contributed by atoms with Crippen LogP contribution >= 0.6 is 0 Å². The third-order valence-corrected chi connectivity index (χ3v) is 2.28. The highest BCUT2D eigenvalue weighted by Gasteiger charge is 2.06. The first-order chi connectivity index (χ1) is 6.18. The predicted octanol–water partition coefficient (Wildman–Crippen LogP) is 3.00. The number of H-pyrrole nitrogens is 1. The molecule has 0 saturated heterocycles. The molecule has 2 rings (SSSR count). The average Bonchev–Trinajstić information content (AvgIpc) is 2.49. The maximum atomic E-state index is 9.54. The molecule has 0 aliphatic heterocycles. The fourth-order valence-electron chi connectivity index (χ4n) is 1.47. The van der Waals surface area contributed by atoms with E-state index in [9.17, 15) is 5.11 Å². The van der Waals surface area contributed by atoms with Crippen LogP contribution in [0.15, 0.2) is 24.3 Å². The fourth-order valence-corrected chi connectivity index (χ4v) is 1.47. The number of phenolic OH excluding ortho intramolecular Hbond substituents is 1. The maximum absolute atomic E-state index is 9.54. The van der Waals surface area contributed by atoms with Gasteiger partial charge in [-0.1, -0.05) is 26.0 Å². The molecule has 0 radical (unpaired) electrons. The van der Waals surface area contributed by atoms with Crippen LogP contribution in [0, 0.1) is 0 Å². The number of rotatable bonds is 1. The van der Waals surface area contributed by atoms with Gasteiger partial charge in [-0.15, -0.1) is 0 Å². The first kappa shape index (κ1) is 8.17. The zero-order chi connectivity index (χ0) is 9.42. The minimum atomic E-state index is 0.324. The van der Waals surface area contributed by atoms with Gasteiger partial charge in [-0.2, -0.15) is 0 Å². The number of hydrogen-bond acceptors (Lipinski definition) is 1. The molecule has 2 heteroatoms. The number of fused-ring (bicyclic) bond motifs is 1. The first-order valence-electron chi connectivity index (χ1n) is 4.49. The molecule has 0 saturated carbocycles. The molecule has 0 aliphatic carbocycles. The number of hydrogen-bond donors (Lipinski definition) is 2. The fraction of sp³-hybridized carbons (Fsp3) is 0.273. The van der Waals surface area contributed by atoms with Crippen molar-refractivity contribution in [1.29, 1.82) is 0 Å². The first-order valence-corrected chi connectivity index (χ1v) is 4.49. The van der Waals surface area contributed by atoms with Gasteiger partial charge in [0.1, 0.15) is 5.75 Å². The molecule has 0 unspecified atom stereocenters. The minimum Gasteiger partial charge on any atom is -0.506 e. The van der Waals surface area contributed by atoms with Crippen LogP contribution in [0.25, 0.3) is 10.9 Å². The Balaban J connectivity index is 2.68.